The number of aromatic nitrogens is 4. The minimum Gasteiger partial charge on any atom is -0.337 e. The van der Waals surface area contributed by atoms with E-state index in [2.05, 4.69) is 25.1 Å². The smallest absolute Gasteiger partial charge is 0.272 e. The maximum absolute atomic E-state index is 12.3. The Morgan fingerprint density at radius 3 is 2.50 bits per heavy atom. The molecule has 7 heteroatoms. The van der Waals surface area contributed by atoms with E-state index in [9.17, 15) is 4.79 Å². The second kappa shape index (κ2) is 5.28. The van der Waals surface area contributed by atoms with Gasteiger partial charge in [-0.2, -0.15) is 5.10 Å². The topological polar surface area (TPSA) is 78.0 Å². The van der Waals surface area contributed by atoms with Crippen LogP contribution in [0.25, 0.3) is 0 Å². The Labute approximate surface area is 116 Å². The summed E-state index contributed by atoms with van der Waals surface area (Å²) in [4.78, 5) is 24.7. The molecule has 7 nitrogen and oxygen atoms in total. The maximum Gasteiger partial charge on any atom is 0.272 e. The Bertz CT molecular complexity index is 588. The largest absolute Gasteiger partial charge is 0.337 e. The van der Waals surface area contributed by atoms with Crippen LogP contribution in [0.1, 0.15) is 16.1 Å². The Morgan fingerprint density at radius 2 is 1.90 bits per heavy atom. The first-order chi connectivity index (χ1) is 9.75. The monoisotopic (exact) mass is 272 g/mol. The average Bonchev–Trinajstić information content (AvgIpc) is 2.94. The summed E-state index contributed by atoms with van der Waals surface area (Å²) in [6, 6.07) is 1.80. The van der Waals surface area contributed by atoms with E-state index in [0.717, 1.165) is 24.6 Å². The van der Waals surface area contributed by atoms with Gasteiger partial charge in [-0.3, -0.25) is 9.89 Å². The van der Waals surface area contributed by atoms with Gasteiger partial charge in [0.15, 0.2) is 0 Å². The summed E-state index contributed by atoms with van der Waals surface area (Å²) in [6.07, 6.45) is 5.13. The lowest BCUT2D eigenvalue weighted by Crippen LogP contribution is -2.49. The van der Waals surface area contributed by atoms with Gasteiger partial charge in [0, 0.05) is 38.6 Å². The first-order valence-corrected chi connectivity index (χ1v) is 6.57. The van der Waals surface area contributed by atoms with Crippen LogP contribution in [0.5, 0.6) is 0 Å². The second-order valence-corrected chi connectivity index (χ2v) is 4.76. The molecule has 0 aromatic carbocycles. The number of carbonyl (C=O) groups is 1. The third-order valence-electron chi connectivity index (χ3n) is 3.44. The van der Waals surface area contributed by atoms with Crippen LogP contribution in [0.4, 0.5) is 5.95 Å². The van der Waals surface area contributed by atoms with Gasteiger partial charge in [0.25, 0.3) is 5.91 Å². The number of hydrogen-bond acceptors (Lipinski definition) is 5. The van der Waals surface area contributed by atoms with Crippen LogP contribution in [0, 0.1) is 6.92 Å². The molecule has 1 aliphatic heterocycles. The normalized spacial score (nSPS) is 15.4. The first-order valence-electron chi connectivity index (χ1n) is 6.57. The zero-order valence-corrected chi connectivity index (χ0v) is 11.3. The number of H-pyrrole nitrogens is 1. The summed E-state index contributed by atoms with van der Waals surface area (Å²) in [5.41, 5.74) is 1.46. The van der Waals surface area contributed by atoms with Crippen molar-refractivity contribution in [2.24, 2.45) is 0 Å². The molecule has 0 saturated carbocycles. The molecule has 1 aliphatic rings. The average molecular weight is 272 g/mol. The van der Waals surface area contributed by atoms with Crippen LogP contribution in [-0.2, 0) is 0 Å². The van der Waals surface area contributed by atoms with Gasteiger partial charge in [0.05, 0.1) is 6.20 Å². The molecular weight excluding hydrogens is 256 g/mol. The van der Waals surface area contributed by atoms with Crippen molar-refractivity contribution in [1.29, 1.82) is 0 Å². The fourth-order valence-corrected chi connectivity index (χ4v) is 2.29. The van der Waals surface area contributed by atoms with E-state index in [1.54, 1.807) is 24.7 Å². The SMILES string of the molecule is Cc1cn[nH]c1C(=O)N1CCN(c2ncccn2)CC1. The van der Waals surface area contributed by atoms with Gasteiger partial charge in [-0.05, 0) is 18.6 Å². The van der Waals surface area contributed by atoms with E-state index in [4.69, 9.17) is 0 Å². The number of carbonyl (C=O) groups excluding carboxylic acids is 1. The first kappa shape index (κ1) is 12.6. The van der Waals surface area contributed by atoms with Crippen molar-refractivity contribution in [2.45, 2.75) is 6.92 Å². The fraction of sp³-hybridized carbons (Fsp3) is 0.385. The molecule has 3 heterocycles. The molecule has 0 atom stereocenters. The van der Waals surface area contributed by atoms with Crippen LogP contribution in [0.2, 0.25) is 0 Å². The molecule has 0 bridgehead atoms. The van der Waals surface area contributed by atoms with E-state index in [1.807, 2.05) is 11.8 Å². The lowest BCUT2D eigenvalue weighted by atomic mass is 10.2. The van der Waals surface area contributed by atoms with E-state index < -0.39 is 0 Å². The quantitative estimate of drug-likeness (QED) is 0.860. The predicted octanol–water partition coefficient (Wildman–Crippen LogP) is 0.471. The highest BCUT2D eigenvalue weighted by atomic mass is 16.2. The third kappa shape index (κ3) is 2.34. The Morgan fingerprint density at radius 1 is 1.20 bits per heavy atom. The van der Waals surface area contributed by atoms with Gasteiger partial charge in [-0.15, -0.1) is 0 Å². The Hall–Kier alpha value is -2.44. The molecule has 3 rings (SSSR count). The van der Waals surface area contributed by atoms with Crippen molar-refractivity contribution in [2.75, 3.05) is 31.1 Å². The fourth-order valence-electron chi connectivity index (χ4n) is 2.29. The Kier molecular flexibility index (Phi) is 3.32. The standard InChI is InChI=1S/C13H16N6O/c1-10-9-16-17-11(10)12(20)18-5-7-19(8-6-18)13-14-3-2-4-15-13/h2-4,9H,5-8H2,1H3,(H,16,17). The van der Waals surface area contributed by atoms with Crippen molar-refractivity contribution >= 4 is 11.9 Å². The molecule has 0 radical (unpaired) electrons. The summed E-state index contributed by atoms with van der Waals surface area (Å²) in [6.45, 7) is 4.68. The van der Waals surface area contributed by atoms with Crippen molar-refractivity contribution in [3.63, 3.8) is 0 Å². The van der Waals surface area contributed by atoms with Crippen LogP contribution in [-0.4, -0.2) is 57.2 Å². The molecule has 0 aliphatic carbocycles. The number of hydrogen-bond donors (Lipinski definition) is 1. The van der Waals surface area contributed by atoms with Gasteiger partial charge in [-0.1, -0.05) is 0 Å². The van der Waals surface area contributed by atoms with E-state index in [0.29, 0.717) is 18.8 Å². The molecule has 20 heavy (non-hydrogen) atoms. The van der Waals surface area contributed by atoms with Crippen LogP contribution in [0.3, 0.4) is 0 Å². The number of nitrogens with zero attached hydrogens (tertiary/aromatic N) is 5. The van der Waals surface area contributed by atoms with Crippen LogP contribution < -0.4 is 4.90 Å². The molecule has 1 N–H and O–H groups in total. The molecule has 1 fully saturated rings. The van der Waals surface area contributed by atoms with E-state index in [1.165, 1.54) is 0 Å². The summed E-state index contributed by atoms with van der Waals surface area (Å²) in [5.74, 6) is 0.728. The number of piperazine rings is 1. The van der Waals surface area contributed by atoms with E-state index in [-0.39, 0.29) is 5.91 Å². The minimum atomic E-state index is 0.00799. The highest BCUT2D eigenvalue weighted by Crippen LogP contribution is 2.13. The molecule has 104 valence electrons. The van der Waals surface area contributed by atoms with Crippen LogP contribution in [0.15, 0.2) is 24.7 Å². The van der Waals surface area contributed by atoms with Gasteiger partial charge >= 0.3 is 0 Å². The number of aryl methyl sites for hydroxylation is 1. The van der Waals surface area contributed by atoms with Crippen molar-refractivity contribution in [3.8, 4) is 0 Å². The Balaban J connectivity index is 1.64. The molecule has 1 amide bonds. The molecular formula is C13H16N6O. The number of amides is 1. The minimum absolute atomic E-state index is 0.00799. The second-order valence-electron chi connectivity index (χ2n) is 4.76. The summed E-state index contributed by atoms with van der Waals surface area (Å²) < 4.78 is 0. The summed E-state index contributed by atoms with van der Waals surface area (Å²) >= 11 is 0. The zero-order chi connectivity index (χ0) is 13.9. The molecule has 0 unspecified atom stereocenters. The van der Waals surface area contributed by atoms with Gasteiger partial charge in [0.2, 0.25) is 5.95 Å². The van der Waals surface area contributed by atoms with Gasteiger partial charge < -0.3 is 9.80 Å². The van der Waals surface area contributed by atoms with Gasteiger partial charge in [-0.25, -0.2) is 9.97 Å². The lowest BCUT2D eigenvalue weighted by Gasteiger charge is -2.34. The summed E-state index contributed by atoms with van der Waals surface area (Å²) in [7, 11) is 0. The van der Waals surface area contributed by atoms with Crippen molar-refractivity contribution < 1.29 is 4.79 Å². The van der Waals surface area contributed by atoms with Crippen molar-refractivity contribution in [3.05, 3.63) is 35.9 Å². The van der Waals surface area contributed by atoms with Crippen LogP contribution >= 0.6 is 0 Å². The molecule has 1 saturated heterocycles. The lowest BCUT2D eigenvalue weighted by molar-refractivity contribution is 0.0739. The molecule has 2 aromatic heterocycles. The number of aromatic amines is 1. The highest BCUT2D eigenvalue weighted by molar-refractivity contribution is 5.93. The van der Waals surface area contributed by atoms with Gasteiger partial charge in [0.1, 0.15) is 5.69 Å². The predicted molar refractivity (Wildman–Crippen MR) is 73.5 cm³/mol. The van der Waals surface area contributed by atoms with E-state index >= 15 is 0 Å². The molecule has 2 aromatic rings. The number of nitrogens with one attached hydrogen (secondary N) is 1. The highest BCUT2D eigenvalue weighted by Gasteiger charge is 2.24. The van der Waals surface area contributed by atoms with Crippen molar-refractivity contribution in [1.82, 2.24) is 25.1 Å². The zero-order valence-electron chi connectivity index (χ0n) is 11.3. The number of anilines is 1. The third-order valence-corrected chi connectivity index (χ3v) is 3.44. The maximum atomic E-state index is 12.3. The number of rotatable bonds is 2. The molecule has 0 spiro atoms. The summed E-state index contributed by atoms with van der Waals surface area (Å²) in [5, 5.41) is 6.66.